The number of hydrogen-bond donors (Lipinski definition) is 1. The number of phenols is 1. The van der Waals surface area contributed by atoms with E-state index in [2.05, 4.69) is 15.9 Å². The predicted octanol–water partition coefficient (Wildman–Crippen LogP) is 3.18. The maximum Gasteiger partial charge on any atom is 0.418 e. The molecule has 2 rings (SSSR count). The van der Waals surface area contributed by atoms with Crippen LogP contribution in [0.2, 0.25) is 0 Å². The molecule has 0 saturated heterocycles. The summed E-state index contributed by atoms with van der Waals surface area (Å²) >= 11 is 3.33. The van der Waals surface area contributed by atoms with Crippen molar-refractivity contribution in [2.75, 3.05) is 20.7 Å². The molecule has 5 nitrogen and oxygen atoms in total. The molecule has 0 aliphatic rings. The van der Waals surface area contributed by atoms with E-state index in [0.717, 1.165) is 10.9 Å². The average Bonchev–Trinajstić information content (AvgIpc) is 2.78. The van der Waals surface area contributed by atoms with Gasteiger partial charge < -0.3 is 14.7 Å². The van der Waals surface area contributed by atoms with Crippen LogP contribution in [0.15, 0.2) is 22.8 Å². The molecule has 1 N–H and O–H groups in total. The van der Waals surface area contributed by atoms with E-state index in [1.807, 2.05) is 25.1 Å². The first-order chi connectivity index (χ1) is 9.45. The van der Waals surface area contributed by atoms with Gasteiger partial charge in [0.25, 0.3) is 0 Å². The summed E-state index contributed by atoms with van der Waals surface area (Å²) < 4.78 is 7.03. The summed E-state index contributed by atoms with van der Waals surface area (Å²) in [6.45, 7) is 2.67. The summed E-state index contributed by atoms with van der Waals surface area (Å²) in [5.74, 6) is 0.202. The first-order valence-electron chi connectivity index (χ1n) is 6.29. The molecule has 0 bridgehead atoms. The smallest absolute Gasteiger partial charge is 0.418 e. The minimum Gasteiger partial charge on any atom is -0.506 e. The molecule has 0 aliphatic heterocycles. The van der Waals surface area contributed by atoms with Gasteiger partial charge in [-0.1, -0.05) is 0 Å². The molecule has 0 atom stereocenters. The van der Waals surface area contributed by atoms with Crippen LogP contribution in [0.1, 0.15) is 12.5 Å². The van der Waals surface area contributed by atoms with Gasteiger partial charge in [0.1, 0.15) is 5.75 Å². The number of hydrogen-bond acceptors (Lipinski definition) is 4. The number of benzene rings is 1. The van der Waals surface area contributed by atoms with Crippen molar-refractivity contribution in [3.63, 3.8) is 0 Å². The molecule has 1 aromatic carbocycles. The zero-order chi connectivity index (χ0) is 14.9. The summed E-state index contributed by atoms with van der Waals surface area (Å²) in [6.07, 6.45) is 1.24. The second-order valence-corrected chi connectivity index (χ2v) is 5.60. The van der Waals surface area contributed by atoms with Crippen LogP contribution < -0.4 is 0 Å². The minimum atomic E-state index is -0.420. The molecule has 0 amide bonds. The number of carbonyl (C=O) groups is 1. The van der Waals surface area contributed by atoms with E-state index in [1.165, 1.54) is 4.57 Å². The van der Waals surface area contributed by atoms with Crippen LogP contribution in [0.3, 0.4) is 0 Å². The van der Waals surface area contributed by atoms with Gasteiger partial charge in [0.2, 0.25) is 0 Å². The van der Waals surface area contributed by atoms with Crippen molar-refractivity contribution in [2.24, 2.45) is 0 Å². The highest BCUT2D eigenvalue weighted by molar-refractivity contribution is 9.10. The van der Waals surface area contributed by atoms with Crippen molar-refractivity contribution in [3.8, 4) is 5.75 Å². The van der Waals surface area contributed by atoms with Gasteiger partial charge >= 0.3 is 6.09 Å². The van der Waals surface area contributed by atoms with E-state index in [4.69, 9.17) is 4.74 Å². The minimum absolute atomic E-state index is 0.202. The van der Waals surface area contributed by atoms with Gasteiger partial charge in [0.05, 0.1) is 16.6 Å². The van der Waals surface area contributed by atoms with E-state index in [0.29, 0.717) is 23.1 Å². The van der Waals surface area contributed by atoms with E-state index in [9.17, 15) is 9.90 Å². The van der Waals surface area contributed by atoms with Crippen molar-refractivity contribution in [1.82, 2.24) is 9.47 Å². The van der Waals surface area contributed by atoms with E-state index in [1.54, 1.807) is 19.2 Å². The van der Waals surface area contributed by atoms with Gasteiger partial charge in [-0.3, -0.25) is 4.57 Å². The lowest BCUT2D eigenvalue weighted by atomic mass is 10.1. The fourth-order valence-electron chi connectivity index (χ4n) is 2.14. The third-order valence-corrected chi connectivity index (χ3v) is 3.57. The lowest BCUT2D eigenvalue weighted by molar-refractivity contribution is 0.155. The number of phenolic OH excluding ortho intramolecular Hbond substituents is 1. The summed E-state index contributed by atoms with van der Waals surface area (Å²) in [4.78, 5) is 13.9. The van der Waals surface area contributed by atoms with Crippen molar-refractivity contribution >= 4 is 32.9 Å². The molecule has 0 fully saturated rings. The molecule has 108 valence electrons. The van der Waals surface area contributed by atoms with E-state index >= 15 is 0 Å². The van der Waals surface area contributed by atoms with Gasteiger partial charge in [-0.05, 0) is 49.1 Å². The molecule has 2 aromatic rings. The SMILES string of the molecule is CCOC(=O)n1ccc2c(CN(C)C)c(O)c(Br)cc21. The summed E-state index contributed by atoms with van der Waals surface area (Å²) in [5, 5.41) is 11.0. The van der Waals surface area contributed by atoms with Crippen molar-refractivity contribution in [3.05, 3.63) is 28.4 Å². The maximum atomic E-state index is 11.9. The first-order valence-corrected chi connectivity index (χ1v) is 7.08. The number of fused-ring (bicyclic) bond motifs is 1. The summed E-state index contributed by atoms with van der Waals surface area (Å²) in [6, 6.07) is 3.54. The highest BCUT2D eigenvalue weighted by atomic mass is 79.9. The van der Waals surface area contributed by atoms with Crippen molar-refractivity contribution in [1.29, 1.82) is 0 Å². The Morgan fingerprint density at radius 3 is 2.80 bits per heavy atom. The monoisotopic (exact) mass is 340 g/mol. The fraction of sp³-hybridized carbons (Fsp3) is 0.357. The molecule has 20 heavy (non-hydrogen) atoms. The van der Waals surface area contributed by atoms with Crippen LogP contribution in [-0.2, 0) is 11.3 Å². The average molecular weight is 341 g/mol. The second kappa shape index (κ2) is 5.85. The molecule has 0 unspecified atom stereocenters. The fourth-order valence-corrected chi connectivity index (χ4v) is 2.59. The number of nitrogens with zero attached hydrogens (tertiary/aromatic N) is 2. The Bertz CT molecular complexity index is 649. The Balaban J connectivity index is 2.62. The van der Waals surface area contributed by atoms with Gasteiger partial charge in [-0.25, -0.2) is 4.79 Å². The normalized spacial score (nSPS) is 11.2. The molecule has 0 aliphatic carbocycles. The third-order valence-electron chi connectivity index (χ3n) is 2.97. The highest BCUT2D eigenvalue weighted by Crippen LogP contribution is 2.36. The largest absolute Gasteiger partial charge is 0.506 e. The van der Waals surface area contributed by atoms with Gasteiger partial charge in [-0.15, -0.1) is 0 Å². The van der Waals surface area contributed by atoms with Crippen LogP contribution >= 0.6 is 15.9 Å². The third kappa shape index (κ3) is 2.66. The maximum absolute atomic E-state index is 11.9. The zero-order valence-corrected chi connectivity index (χ0v) is 13.3. The molecule has 0 spiro atoms. The molecular weight excluding hydrogens is 324 g/mol. The lowest BCUT2D eigenvalue weighted by Crippen LogP contribution is -2.13. The number of aromatic nitrogens is 1. The predicted molar refractivity (Wildman–Crippen MR) is 81.1 cm³/mol. The standard InChI is InChI=1S/C14H17BrN2O3/c1-4-20-14(19)17-6-5-9-10(8-16(2)3)13(18)11(15)7-12(9)17/h5-7,18H,4,8H2,1-3H3. The molecule has 1 heterocycles. The zero-order valence-electron chi connectivity index (χ0n) is 11.7. The Hall–Kier alpha value is -1.53. The van der Waals surface area contributed by atoms with Crippen LogP contribution in [0.25, 0.3) is 10.9 Å². The Morgan fingerprint density at radius 2 is 2.20 bits per heavy atom. The number of carbonyl (C=O) groups excluding carboxylic acids is 1. The molecular formula is C14H17BrN2O3. The molecule has 0 saturated carbocycles. The van der Waals surface area contributed by atoms with Crippen molar-refractivity contribution in [2.45, 2.75) is 13.5 Å². The summed E-state index contributed by atoms with van der Waals surface area (Å²) in [5.41, 5.74) is 1.49. The topological polar surface area (TPSA) is 54.7 Å². The number of ether oxygens (including phenoxy) is 1. The van der Waals surface area contributed by atoms with E-state index in [-0.39, 0.29) is 5.75 Å². The van der Waals surface area contributed by atoms with Crippen molar-refractivity contribution < 1.29 is 14.6 Å². The molecule has 6 heteroatoms. The quantitative estimate of drug-likeness (QED) is 0.932. The van der Waals surface area contributed by atoms with Crippen LogP contribution in [0.4, 0.5) is 4.79 Å². The van der Waals surface area contributed by atoms with Crippen LogP contribution in [0, 0.1) is 0 Å². The number of aromatic hydroxyl groups is 1. The van der Waals surface area contributed by atoms with E-state index < -0.39 is 6.09 Å². The second-order valence-electron chi connectivity index (χ2n) is 4.74. The number of rotatable bonds is 3. The Labute approximate surface area is 125 Å². The Morgan fingerprint density at radius 1 is 1.50 bits per heavy atom. The number of halogens is 1. The molecule has 0 radical (unpaired) electrons. The Kier molecular flexibility index (Phi) is 4.35. The van der Waals surface area contributed by atoms with Gasteiger partial charge in [0.15, 0.2) is 0 Å². The summed E-state index contributed by atoms with van der Waals surface area (Å²) in [7, 11) is 3.85. The van der Waals surface area contributed by atoms with Crippen LogP contribution in [-0.4, -0.2) is 41.4 Å². The molecule has 1 aromatic heterocycles. The highest BCUT2D eigenvalue weighted by Gasteiger charge is 2.17. The van der Waals surface area contributed by atoms with Gasteiger partial charge in [0, 0.05) is 23.7 Å². The lowest BCUT2D eigenvalue weighted by Gasteiger charge is -2.14. The first kappa shape index (κ1) is 14.9. The van der Waals surface area contributed by atoms with Crippen LogP contribution in [0.5, 0.6) is 5.75 Å². The van der Waals surface area contributed by atoms with Gasteiger partial charge in [-0.2, -0.15) is 0 Å².